The van der Waals surface area contributed by atoms with E-state index >= 15 is 0 Å². The Bertz CT molecular complexity index is 290. The van der Waals surface area contributed by atoms with Crippen molar-refractivity contribution in [2.24, 2.45) is 0 Å². The quantitative estimate of drug-likeness (QED) is 0.705. The molecule has 0 atom stereocenters. The molecule has 3 N–H and O–H groups in total. The Balaban J connectivity index is 2.63. The third-order valence-electron chi connectivity index (χ3n) is 1.51. The number of aromatic nitrogens is 1. The highest BCUT2D eigenvalue weighted by atomic mass is 32.1. The van der Waals surface area contributed by atoms with Crippen LogP contribution in [0.3, 0.4) is 0 Å². The first kappa shape index (κ1) is 9.06. The van der Waals surface area contributed by atoms with Gasteiger partial charge in [0, 0.05) is 12.1 Å². The highest BCUT2D eigenvalue weighted by molar-refractivity contribution is 7.10. The minimum atomic E-state index is 0.615. The maximum atomic E-state index is 5.58. The minimum Gasteiger partial charge on any atom is -0.383 e. The number of hydrogen-bond donors (Lipinski definition) is 2. The maximum absolute atomic E-state index is 5.58. The molecule has 3 nitrogen and oxygen atoms in total. The van der Waals surface area contributed by atoms with Gasteiger partial charge in [-0.05, 0) is 25.4 Å². The van der Waals surface area contributed by atoms with Crippen molar-refractivity contribution >= 4 is 22.4 Å². The summed E-state index contributed by atoms with van der Waals surface area (Å²) in [6.45, 7) is 8.51. The lowest BCUT2D eigenvalue weighted by atomic mass is 10.3. The molecule has 1 heterocycles. The average molecular weight is 183 g/mol. The number of hydrogen-bond acceptors (Lipinski definition) is 4. The summed E-state index contributed by atoms with van der Waals surface area (Å²) in [5, 5.41) is 4.25. The van der Waals surface area contributed by atoms with E-state index in [9.17, 15) is 0 Å². The second-order valence-corrected chi connectivity index (χ2v) is 3.61. The van der Waals surface area contributed by atoms with Crippen molar-refractivity contribution < 1.29 is 0 Å². The normalized spacial score (nSPS) is 9.83. The van der Waals surface area contributed by atoms with Gasteiger partial charge in [0.1, 0.15) is 10.8 Å². The predicted octanol–water partition coefficient (Wildman–Crippen LogP) is 2.02. The molecular formula is C8H13N3S. The standard InChI is InChI=1S/C8H13N3S/c1-5(2)4-10-8-6(3)7(9)11-12-8/h10H,1,4H2,2-3H3,(H2,9,11). The first-order valence-electron chi connectivity index (χ1n) is 3.71. The Morgan fingerprint density at radius 1 is 1.75 bits per heavy atom. The summed E-state index contributed by atoms with van der Waals surface area (Å²) in [6, 6.07) is 0. The molecule has 0 unspecified atom stereocenters. The van der Waals surface area contributed by atoms with E-state index in [1.807, 2.05) is 13.8 Å². The third-order valence-corrected chi connectivity index (χ3v) is 2.43. The first-order valence-corrected chi connectivity index (χ1v) is 4.48. The van der Waals surface area contributed by atoms with Gasteiger partial charge in [0.15, 0.2) is 0 Å². The molecule has 0 radical (unpaired) electrons. The van der Waals surface area contributed by atoms with Crippen LogP contribution in [0.5, 0.6) is 0 Å². The van der Waals surface area contributed by atoms with Crippen molar-refractivity contribution in [1.29, 1.82) is 0 Å². The molecule has 0 amide bonds. The van der Waals surface area contributed by atoms with Crippen LogP contribution in [0.2, 0.25) is 0 Å². The summed E-state index contributed by atoms with van der Waals surface area (Å²) >= 11 is 1.39. The number of rotatable bonds is 3. The number of nitrogens with zero attached hydrogens (tertiary/aromatic N) is 1. The molecule has 1 aromatic rings. The lowest BCUT2D eigenvalue weighted by Crippen LogP contribution is -2.01. The Morgan fingerprint density at radius 3 is 2.83 bits per heavy atom. The molecule has 66 valence electrons. The van der Waals surface area contributed by atoms with Crippen LogP contribution in [0.15, 0.2) is 12.2 Å². The van der Waals surface area contributed by atoms with Crippen molar-refractivity contribution in [1.82, 2.24) is 4.37 Å². The van der Waals surface area contributed by atoms with E-state index in [0.717, 1.165) is 22.7 Å². The monoisotopic (exact) mass is 183 g/mol. The number of nitrogens with one attached hydrogen (secondary N) is 1. The second kappa shape index (κ2) is 3.58. The molecule has 0 bridgehead atoms. The lowest BCUT2D eigenvalue weighted by molar-refractivity contribution is 1.22. The van der Waals surface area contributed by atoms with Gasteiger partial charge in [-0.1, -0.05) is 12.2 Å². The molecular weight excluding hydrogens is 170 g/mol. The fourth-order valence-electron chi connectivity index (χ4n) is 0.744. The highest BCUT2D eigenvalue weighted by Crippen LogP contribution is 2.25. The summed E-state index contributed by atoms with van der Waals surface area (Å²) in [7, 11) is 0. The number of nitrogen functional groups attached to an aromatic ring is 1. The van der Waals surface area contributed by atoms with Crippen LogP contribution >= 0.6 is 11.5 Å². The Hall–Kier alpha value is -1.03. The van der Waals surface area contributed by atoms with E-state index < -0.39 is 0 Å². The van der Waals surface area contributed by atoms with Crippen LogP contribution in [-0.4, -0.2) is 10.9 Å². The fraction of sp³-hybridized carbons (Fsp3) is 0.375. The zero-order valence-corrected chi connectivity index (χ0v) is 8.16. The van der Waals surface area contributed by atoms with Gasteiger partial charge in [0.05, 0.1) is 0 Å². The smallest absolute Gasteiger partial charge is 0.142 e. The molecule has 0 aliphatic carbocycles. The summed E-state index contributed by atoms with van der Waals surface area (Å²) in [5.41, 5.74) is 7.71. The van der Waals surface area contributed by atoms with E-state index in [0.29, 0.717) is 5.82 Å². The van der Waals surface area contributed by atoms with Gasteiger partial charge >= 0.3 is 0 Å². The molecule has 0 fully saturated rings. The van der Waals surface area contributed by atoms with Gasteiger partial charge in [-0.2, -0.15) is 4.37 Å². The molecule has 1 aromatic heterocycles. The largest absolute Gasteiger partial charge is 0.383 e. The first-order chi connectivity index (χ1) is 5.61. The molecule has 0 aliphatic heterocycles. The summed E-state index contributed by atoms with van der Waals surface area (Å²) < 4.78 is 4.02. The molecule has 0 aliphatic rings. The zero-order valence-electron chi connectivity index (χ0n) is 7.35. The lowest BCUT2D eigenvalue weighted by Gasteiger charge is -2.02. The van der Waals surface area contributed by atoms with Crippen molar-refractivity contribution in [3.8, 4) is 0 Å². The molecule has 0 saturated heterocycles. The zero-order chi connectivity index (χ0) is 9.14. The van der Waals surface area contributed by atoms with E-state index in [4.69, 9.17) is 5.73 Å². The van der Waals surface area contributed by atoms with Crippen molar-refractivity contribution in [2.45, 2.75) is 13.8 Å². The molecule has 4 heteroatoms. The molecule has 1 rings (SSSR count). The van der Waals surface area contributed by atoms with Gasteiger partial charge < -0.3 is 11.1 Å². The summed E-state index contributed by atoms with van der Waals surface area (Å²) in [6.07, 6.45) is 0. The Kier molecular flexibility index (Phi) is 2.70. The van der Waals surface area contributed by atoms with Gasteiger partial charge in [0.2, 0.25) is 0 Å². The van der Waals surface area contributed by atoms with Crippen LogP contribution in [0.25, 0.3) is 0 Å². The summed E-state index contributed by atoms with van der Waals surface area (Å²) in [5.74, 6) is 0.615. The average Bonchev–Trinajstić information content (AvgIpc) is 2.30. The SMILES string of the molecule is C=C(C)CNc1snc(N)c1C. The van der Waals surface area contributed by atoms with E-state index in [2.05, 4.69) is 16.3 Å². The maximum Gasteiger partial charge on any atom is 0.142 e. The summed E-state index contributed by atoms with van der Waals surface area (Å²) in [4.78, 5) is 0. The molecule has 0 saturated carbocycles. The fourth-order valence-corrected chi connectivity index (χ4v) is 1.45. The van der Waals surface area contributed by atoms with Crippen LogP contribution < -0.4 is 11.1 Å². The Labute approximate surface area is 76.5 Å². The van der Waals surface area contributed by atoms with E-state index in [1.54, 1.807) is 0 Å². The van der Waals surface area contributed by atoms with E-state index in [-0.39, 0.29) is 0 Å². The van der Waals surface area contributed by atoms with Crippen LogP contribution in [0, 0.1) is 6.92 Å². The topological polar surface area (TPSA) is 50.9 Å². The van der Waals surface area contributed by atoms with Gasteiger partial charge in [-0.15, -0.1) is 0 Å². The Morgan fingerprint density at radius 2 is 2.42 bits per heavy atom. The van der Waals surface area contributed by atoms with Crippen LogP contribution in [-0.2, 0) is 0 Å². The second-order valence-electron chi connectivity index (χ2n) is 2.83. The highest BCUT2D eigenvalue weighted by Gasteiger charge is 2.04. The van der Waals surface area contributed by atoms with Crippen molar-refractivity contribution in [3.63, 3.8) is 0 Å². The van der Waals surface area contributed by atoms with Crippen molar-refractivity contribution in [3.05, 3.63) is 17.7 Å². The third kappa shape index (κ3) is 1.98. The predicted molar refractivity (Wildman–Crippen MR) is 54.6 cm³/mol. The molecule has 12 heavy (non-hydrogen) atoms. The molecule has 0 spiro atoms. The van der Waals surface area contributed by atoms with Gasteiger partial charge in [-0.25, -0.2) is 0 Å². The van der Waals surface area contributed by atoms with Gasteiger partial charge in [-0.3, -0.25) is 0 Å². The van der Waals surface area contributed by atoms with Crippen molar-refractivity contribution in [2.75, 3.05) is 17.6 Å². The number of anilines is 2. The van der Waals surface area contributed by atoms with Crippen LogP contribution in [0.4, 0.5) is 10.8 Å². The minimum absolute atomic E-state index is 0.615. The molecule has 0 aromatic carbocycles. The van der Waals surface area contributed by atoms with Crippen LogP contribution in [0.1, 0.15) is 12.5 Å². The van der Waals surface area contributed by atoms with Gasteiger partial charge in [0.25, 0.3) is 0 Å². The number of nitrogens with two attached hydrogens (primary N) is 1. The van der Waals surface area contributed by atoms with E-state index in [1.165, 1.54) is 11.5 Å².